The summed E-state index contributed by atoms with van der Waals surface area (Å²) in [5.41, 5.74) is 1.08. The number of rotatable bonds is 0. The standard InChI is InChI=1S/C13H18N2O2/c16-12-2-1-5-14-8-13-15(7-11(12)14)9-3-4-10(6-9)17-13/h1,5,9-10,13,16H,2-4,6-8H2. The average molecular weight is 234 g/mol. The molecule has 1 saturated carbocycles. The molecule has 0 aromatic carbocycles. The minimum Gasteiger partial charge on any atom is -0.510 e. The van der Waals surface area contributed by atoms with Crippen LogP contribution in [0.25, 0.3) is 0 Å². The topological polar surface area (TPSA) is 35.9 Å². The molecule has 92 valence electrons. The molecule has 4 rings (SSSR count). The molecule has 2 saturated heterocycles. The molecular formula is C13H18N2O2. The number of nitrogens with zero attached hydrogens (tertiary/aromatic N) is 2. The molecule has 17 heavy (non-hydrogen) atoms. The lowest BCUT2D eigenvalue weighted by Gasteiger charge is -2.48. The number of hydrogen-bond donors (Lipinski definition) is 1. The Morgan fingerprint density at radius 3 is 3.24 bits per heavy atom. The maximum atomic E-state index is 9.98. The van der Waals surface area contributed by atoms with Gasteiger partial charge >= 0.3 is 0 Å². The van der Waals surface area contributed by atoms with Crippen molar-refractivity contribution in [1.29, 1.82) is 0 Å². The molecule has 1 aliphatic carbocycles. The smallest absolute Gasteiger partial charge is 0.129 e. The lowest BCUT2D eigenvalue weighted by atomic mass is 10.1. The van der Waals surface area contributed by atoms with Gasteiger partial charge in [0, 0.05) is 25.2 Å². The second-order valence-corrected chi connectivity index (χ2v) is 5.49. The zero-order valence-corrected chi connectivity index (χ0v) is 9.88. The van der Waals surface area contributed by atoms with Gasteiger partial charge in [0.05, 0.1) is 18.3 Å². The van der Waals surface area contributed by atoms with Gasteiger partial charge < -0.3 is 14.7 Å². The Hall–Kier alpha value is -1.00. The van der Waals surface area contributed by atoms with Gasteiger partial charge in [0.15, 0.2) is 0 Å². The molecule has 1 N–H and O–H groups in total. The van der Waals surface area contributed by atoms with Gasteiger partial charge in [0.25, 0.3) is 0 Å². The summed E-state index contributed by atoms with van der Waals surface area (Å²) < 4.78 is 6.11. The van der Waals surface area contributed by atoms with Crippen molar-refractivity contribution in [3.63, 3.8) is 0 Å². The van der Waals surface area contributed by atoms with E-state index >= 15 is 0 Å². The number of piperazine rings is 1. The first-order chi connectivity index (χ1) is 8.31. The normalized spacial score (nSPS) is 40.5. The van der Waals surface area contributed by atoms with E-state index in [1.54, 1.807) is 0 Å². The highest BCUT2D eigenvalue weighted by atomic mass is 16.5. The molecule has 3 atom stereocenters. The minimum absolute atomic E-state index is 0.223. The van der Waals surface area contributed by atoms with Gasteiger partial charge in [0.1, 0.15) is 12.0 Å². The van der Waals surface area contributed by atoms with E-state index in [1.807, 2.05) is 6.08 Å². The maximum Gasteiger partial charge on any atom is 0.129 e. The van der Waals surface area contributed by atoms with Gasteiger partial charge in [-0.2, -0.15) is 0 Å². The Labute approximate surface area is 101 Å². The van der Waals surface area contributed by atoms with Crippen molar-refractivity contribution in [2.45, 2.75) is 44.1 Å². The molecule has 2 bridgehead atoms. The third-order valence-corrected chi connectivity index (χ3v) is 4.51. The van der Waals surface area contributed by atoms with E-state index in [1.165, 1.54) is 19.3 Å². The summed E-state index contributed by atoms with van der Waals surface area (Å²) >= 11 is 0. The molecule has 4 heteroatoms. The molecule has 0 radical (unpaired) electrons. The van der Waals surface area contributed by atoms with Crippen molar-refractivity contribution in [2.24, 2.45) is 0 Å². The molecular weight excluding hydrogens is 216 g/mol. The number of fused-ring (bicyclic) bond motifs is 5. The molecule has 0 amide bonds. The SMILES string of the molecule is OC1=C2CN3C4CCC(C4)OC3CN2C=CC1. The Morgan fingerprint density at radius 1 is 1.35 bits per heavy atom. The maximum absolute atomic E-state index is 9.98. The molecule has 3 heterocycles. The van der Waals surface area contributed by atoms with Crippen LogP contribution in [0.4, 0.5) is 0 Å². The number of aliphatic hydroxyl groups excluding tert-OH is 1. The summed E-state index contributed by atoms with van der Waals surface area (Å²) in [4.78, 5) is 4.61. The lowest BCUT2D eigenvalue weighted by Crippen LogP contribution is -2.58. The van der Waals surface area contributed by atoms with E-state index in [0.29, 0.717) is 24.3 Å². The Morgan fingerprint density at radius 2 is 2.29 bits per heavy atom. The van der Waals surface area contributed by atoms with Crippen molar-refractivity contribution in [3.05, 3.63) is 23.7 Å². The number of allylic oxidation sites excluding steroid dienone is 1. The van der Waals surface area contributed by atoms with Crippen molar-refractivity contribution in [1.82, 2.24) is 9.80 Å². The van der Waals surface area contributed by atoms with Gasteiger partial charge in [0.2, 0.25) is 0 Å². The predicted molar refractivity (Wildman–Crippen MR) is 63.1 cm³/mol. The van der Waals surface area contributed by atoms with Gasteiger partial charge in [-0.15, -0.1) is 0 Å². The Kier molecular flexibility index (Phi) is 2.05. The van der Waals surface area contributed by atoms with E-state index in [0.717, 1.165) is 18.8 Å². The van der Waals surface area contributed by atoms with Crippen LogP contribution in [0, 0.1) is 0 Å². The lowest BCUT2D eigenvalue weighted by molar-refractivity contribution is -0.153. The van der Waals surface area contributed by atoms with Crippen LogP contribution < -0.4 is 0 Å². The van der Waals surface area contributed by atoms with Gasteiger partial charge in [-0.1, -0.05) is 6.08 Å². The first kappa shape index (κ1) is 9.97. The predicted octanol–water partition coefficient (Wildman–Crippen LogP) is 1.57. The molecule has 3 aliphatic heterocycles. The molecule has 0 aromatic heterocycles. The summed E-state index contributed by atoms with van der Waals surface area (Å²) in [7, 11) is 0. The second-order valence-electron chi connectivity index (χ2n) is 5.49. The van der Waals surface area contributed by atoms with Crippen LogP contribution in [0.2, 0.25) is 0 Å². The van der Waals surface area contributed by atoms with Crippen molar-refractivity contribution >= 4 is 0 Å². The Balaban J connectivity index is 1.65. The summed E-state index contributed by atoms with van der Waals surface area (Å²) in [5.74, 6) is 0.533. The third kappa shape index (κ3) is 1.44. The fraction of sp³-hybridized carbons (Fsp3) is 0.692. The first-order valence-corrected chi connectivity index (χ1v) is 6.57. The molecule has 0 spiro atoms. The molecule has 0 aromatic rings. The highest BCUT2D eigenvalue weighted by molar-refractivity contribution is 5.22. The molecule has 3 fully saturated rings. The summed E-state index contributed by atoms with van der Waals surface area (Å²) in [5, 5.41) is 9.98. The van der Waals surface area contributed by atoms with E-state index in [-0.39, 0.29) is 6.23 Å². The fourth-order valence-corrected chi connectivity index (χ4v) is 3.62. The summed E-state index contributed by atoms with van der Waals surface area (Å²) in [6, 6.07) is 0.673. The van der Waals surface area contributed by atoms with E-state index in [4.69, 9.17) is 4.74 Å². The number of hydrogen-bond acceptors (Lipinski definition) is 4. The zero-order valence-electron chi connectivity index (χ0n) is 9.88. The number of ether oxygens (including phenoxy) is 1. The van der Waals surface area contributed by atoms with E-state index < -0.39 is 0 Å². The highest BCUT2D eigenvalue weighted by Gasteiger charge is 2.44. The summed E-state index contributed by atoms with van der Waals surface area (Å²) in [6.45, 7) is 1.71. The monoisotopic (exact) mass is 234 g/mol. The molecule has 4 aliphatic rings. The molecule has 3 unspecified atom stereocenters. The van der Waals surface area contributed by atoms with E-state index in [9.17, 15) is 5.11 Å². The van der Waals surface area contributed by atoms with Crippen molar-refractivity contribution in [3.8, 4) is 0 Å². The van der Waals surface area contributed by atoms with Crippen molar-refractivity contribution < 1.29 is 9.84 Å². The van der Waals surface area contributed by atoms with E-state index in [2.05, 4.69) is 16.0 Å². The largest absolute Gasteiger partial charge is 0.510 e. The van der Waals surface area contributed by atoms with Crippen LogP contribution in [0.15, 0.2) is 23.7 Å². The van der Waals surface area contributed by atoms with Crippen LogP contribution in [-0.4, -0.2) is 46.4 Å². The van der Waals surface area contributed by atoms with Crippen LogP contribution in [0.1, 0.15) is 25.7 Å². The van der Waals surface area contributed by atoms with Crippen LogP contribution in [0.5, 0.6) is 0 Å². The van der Waals surface area contributed by atoms with Gasteiger partial charge in [-0.25, -0.2) is 0 Å². The molecule has 4 nitrogen and oxygen atoms in total. The third-order valence-electron chi connectivity index (χ3n) is 4.51. The van der Waals surface area contributed by atoms with Crippen LogP contribution in [0.3, 0.4) is 0 Å². The van der Waals surface area contributed by atoms with Crippen LogP contribution >= 0.6 is 0 Å². The Bertz CT molecular complexity index is 404. The first-order valence-electron chi connectivity index (χ1n) is 6.57. The number of aliphatic hydroxyl groups is 1. The van der Waals surface area contributed by atoms with Crippen molar-refractivity contribution in [2.75, 3.05) is 13.1 Å². The quantitative estimate of drug-likeness (QED) is 0.690. The van der Waals surface area contributed by atoms with Gasteiger partial charge in [-0.05, 0) is 19.3 Å². The fourth-order valence-electron chi connectivity index (χ4n) is 3.62. The highest BCUT2D eigenvalue weighted by Crippen LogP contribution is 2.38. The minimum atomic E-state index is 0.223. The van der Waals surface area contributed by atoms with Gasteiger partial charge in [-0.3, -0.25) is 4.90 Å². The summed E-state index contributed by atoms with van der Waals surface area (Å²) in [6.07, 6.45) is 9.13. The zero-order chi connectivity index (χ0) is 11.4. The van der Waals surface area contributed by atoms with Crippen LogP contribution in [-0.2, 0) is 4.74 Å². The second kappa shape index (κ2) is 3.50. The average Bonchev–Trinajstić information content (AvgIpc) is 2.71.